The molecule has 0 saturated carbocycles. The Morgan fingerprint density at radius 3 is 1.89 bits per heavy atom. The number of aromatic nitrogens is 2. The lowest BCUT2D eigenvalue weighted by atomic mass is 9.74. The van der Waals surface area contributed by atoms with Crippen molar-refractivity contribution in [1.29, 1.82) is 0 Å². The molecule has 1 amide bonds. The molecule has 35 heavy (non-hydrogen) atoms. The maximum Gasteiger partial charge on any atom is 0.488 e. The molecule has 0 fully saturated rings. The van der Waals surface area contributed by atoms with Crippen LogP contribution >= 0.6 is 11.6 Å². The van der Waals surface area contributed by atoms with Crippen LogP contribution in [0, 0.1) is 33.5 Å². The predicted octanol–water partition coefficient (Wildman–Crippen LogP) is 4.88. The summed E-state index contributed by atoms with van der Waals surface area (Å²) in [5, 5.41) is 19.9. The van der Waals surface area contributed by atoms with E-state index in [0.717, 1.165) is 22.3 Å². The number of nitrogens with one attached hydrogen (secondary N) is 1. The van der Waals surface area contributed by atoms with Gasteiger partial charge in [0, 0.05) is 5.56 Å². The van der Waals surface area contributed by atoms with Gasteiger partial charge in [-0.25, -0.2) is 14.2 Å². The van der Waals surface area contributed by atoms with Crippen molar-refractivity contribution in [3.8, 4) is 11.3 Å². The molecule has 3 rings (SSSR count). The largest absolute Gasteiger partial charge is 0.488 e. The minimum absolute atomic E-state index is 0.0386. The van der Waals surface area contributed by atoms with Crippen molar-refractivity contribution in [2.24, 2.45) is 0 Å². The summed E-state index contributed by atoms with van der Waals surface area (Å²) in [6.45, 7) is 12.6. The number of hydrogen-bond acceptors (Lipinski definition) is 6. The van der Waals surface area contributed by atoms with Crippen LogP contribution in [0.5, 0.6) is 0 Å². The topological polar surface area (TPSA) is 105 Å². The molecule has 3 aromatic rings. The fourth-order valence-electron chi connectivity index (χ4n) is 3.46. The highest BCUT2D eigenvalue weighted by Crippen LogP contribution is 2.31. The van der Waals surface area contributed by atoms with E-state index in [-0.39, 0.29) is 16.8 Å². The molecular weight excluding hydrogens is 472 g/mol. The van der Waals surface area contributed by atoms with Crippen molar-refractivity contribution >= 4 is 36.2 Å². The smallest absolute Gasteiger partial charge is 0.444 e. The number of ether oxygens (including phenoxy) is 1. The van der Waals surface area contributed by atoms with Gasteiger partial charge >= 0.3 is 13.2 Å². The molecule has 0 aliphatic heterocycles. The van der Waals surface area contributed by atoms with Crippen LogP contribution in [0.4, 0.5) is 15.1 Å². The zero-order valence-corrected chi connectivity index (χ0v) is 21.7. The highest BCUT2D eigenvalue weighted by atomic mass is 35.5. The van der Waals surface area contributed by atoms with Gasteiger partial charge in [-0.2, -0.15) is 4.98 Å². The van der Waals surface area contributed by atoms with Crippen LogP contribution in [0.15, 0.2) is 36.4 Å². The summed E-state index contributed by atoms with van der Waals surface area (Å²) in [6, 6.07) is 11.2. The van der Waals surface area contributed by atoms with Crippen LogP contribution < -0.4 is 10.8 Å². The van der Waals surface area contributed by atoms with Crippen LogP contribution in [-0.2, 0) is 4.74 Å². The van der Waals surface area contributed by atoms with Crippen LogP contribution in [0.3, 0.4) is 0 Å². The zero-order chi connectivity index (χ0) is 26.5. The van der Waals surface area contributed by atoms with E-state index in [1.807, 2.05) is 64.1 Å². The third-order valence-corrected chi connectivity index (χ3v) is 5.19. The third-order valence-electron chi connectivity index (χ3n) is 4.94. The van der Waals surface area contributed by atoms with Crippen LogP contribution in [-0.4, -0.2) is 38.8 Å². The van der Waals surface area contributed by atoms with Crippen molar-refractivity contribution in [1.82, 2.24) is 9.97 Å². The van der Waals surface area contributed by atoms with E-state index in [0.29, 0.717) is 11.0 Å². The van der Waals surface area contributed by atoms with E-state index in [1.165, 1.54) is 0 Å². The molecule has 7 nitrogen and oxygen atoms in total. The summed E-state index contributed by atoms with van der Waals surface area (Å²) >= 11 is 5.87. The summed E-state index contributed by atoms with van der Waals surface area (Å²) in [4.78, 5) is 19.7. The molecule has 1 aromatic heterocycles. The summed E-state index contributed by atoms with van der Waals surface area (Å²) in [7, 11) is -1.35. The minimum Gasteiger partial charge on any atom is -0.444 e. The molecule has 10 heteroatoms. The fraction of sp³-hybridized carbons (Fsp3) is 0.320. The fourth-order valence-corrected chi connectivity index (χ4v) is 3.63. The van der Waals surface area contributed by atoms with Gasteiger partial charge in [-0.05, 0) is 65.1 Å². The molecule has 0 aliphatic carbocycles. The summed E-state index contributed by atoms with van der Waals surface area (Å²) in [6.07, 6.45) is -0.738. The van der Waals surface area contributed by atoms with Crippen LogP contribution in [0.25, 0.3) is 11.3 Å². The molecule has 0 unspecified atom stereocenters. The second kappa shape index (κ2) is 11.6. The van der Waals surface area contributed by atoms with Gasteiger partial charge in [0.15, 0.2) is 11.0 Å². The number of anilines is 1. The second-order valence-electron chi connectivity index (χ2n) is 9.07. The van der Waals surface area contributed by atoms with E-state index >= 15 is 0 Å². The molecule has 0 aliphatic rings. The lowest BCUT2D eigenvalue weighted by molar-refractivity contribution is 0.0634. The molecule has 0 radical (unpaired) electrons. The number of amides is 1. The SMILES string of the molecule is Cc1cccc(C)c1-c1nc(NC(=O)OC(C)(C)C)nc(Cl)c1F.Cc1cccc(C)c1B(O)O. The normalized spacial score (nSPS) is 10.8. The van der Waals surface area contributed by atoms with E-state index in [9.17, 15) is 9.18 Å². The zero-order valence-electron chi connectivity index (χ0n) is 20.9. The summed E-state index contributed by atoms with van der Waals surface area (Å²) in [5.41, 5.74) is 4.11. The Bertz CT molecular complexity index is 1180. The van der Waals surface area contributed by atoms with Crippen molar-refractivity contribution in [2.45, 2.75) is 54.1 Å². The summed E-state index contributed by atoms with van der Waals surface area (Å²) in [5.74, 6) is -0.850. The average Bonchev–Trinajstić information content (AvgIpc) is 2.70. The van der Waals surface area contributed by atoms with E-state index in [1.54, 1.807) is 20.8 Å². The minimum atomic E-state index is -1.35. The number of carbonyl (C=O) groups excluding carboxylic acids is 1. The van der Waals surface area contributed by atoms with Crippen molar-refractivity contribution in [2.75, 3.05) is 5.32 Å². The Kier molecular flexibility index (Phi) is 9.37. The highest BCUT2D eigenvalue weighted by Gasteiger charge is 2.21. The number of aryl methyl sites for hydroxylation is 4. The van der Waals surface area contributed by atoms with Gasteiger partial charge in [0.25, 0.3) is 0 Å². The molecule has 0 bridgehead atoms. The lowest BCUT2D eigenvalue weighted by Crippen LogP contribution is -2.34. The Labute approximate surface area is 210 Å². The first-order valence-corrected chi connectivity index (χ1v) is 11.3. The van der Waals surface area contributed by atoms with Crippen molar-refractivity contribution in [3.05, 3.63) is 69.6 Å². The highest BCUT2D eigenvalue weighted by molar-refractivity contribution is 6.59. The Morgan fingerprint density at radius 1 is 0.971 bits per heavy atom. The number of rotatable bonds is 3. The Morgan fingerprint density at radius 2 is 1.46 bits per heavy atom. The second-order valence-corrected chi connectivity index (χ2v) is 9.43. The number of benzene rings is 2. The van der Waals surface area contributed by atoms with Gasteiger partial charge in [0.1, 0.15) is 11.3 Å². The van der Waals surface area contributed by atoms with E-state index in [2.05, 4.69) is 15.3 Å². The molecule has 0 atom stereocenters. The first kappa shape index (κ1) is 28.2. The van der Waals surface area contributed by atoms with Crippen molar-refractivity contribution < 1.29 is 24.0 Å². The van der Waals surface area contributed by atoms with Gasteiger partial charge in [-0.1, -0.05) is 59.1 Å². The first-order valence-electron chi connectivity index (χ1n) is 10.9. The lowest BCUT2D eigenvalue weighted by Gasteiger charge is -2.19. The van der Waals surface area contributed by atoms with Gasteiger partial charge in [0.2, 0.25) is 5.95 Å². The summed E-state index contributed by atoms with van der Waals surface area (Å²) < 4.78 is 19.6. The van der Waals surface area contributed by atoms with E-state index in [4.69, 9.17) is 26.4 Å². The van der Waals surface area contributed by atoms with Gasteiger partial charge in [0.05, 0.1) is 0 Å². The Balaban J connectivity index is 0.000000328. The average molecular weight is 502 g/mol. The Hall–Kier alpha value is -3.01. The maximum absolute atomic E-state index is 14.4. The molecule has 3 N–H and O–H groups in total. The molecule has 1 heterocycles. The molecule has 2 aromatic carbocycles. The standard InChI is InChI=1S/C17H19ClFN3O2.C8H11BO2/c1-9-7-6-8-10(2)11(9)13-12(19)14(18)21-15(20-13)22-16(23)24-17(3,4)5;1-6-4-3-5-7(2)8(6)9(10)11/h6-8H,1-5H3,(H,20,21,22,23);3-5,10-11H,1-2H3. The van der Waals surface area contributed by atoms with Crippen molar-refractivity contribution in [3.63, 3.8) is 0 Å². The van der Waals surface area contributed by atoms with Crippen LogP contribution in [0.2, 0.25) is 5.15 Å². The predicted molar refractivity (Wildman–Crippen MR) is 138 cm³/mol. The van der Waals surface area contributed by atoms with Gasteiger partial charge in [-0.15, -0.1) is 0 Å². The maximum atomic E-state index is 14.4. The van der Waals surface area contributed by atoms with E-state index < -0.39 is 24.6 Å². The van der Waals surface area contributed by atoms with Gasteiger partial charge in [-0.3, -0.25) is 5.32 Å². The molecule has 0 spiro atoms. The monoisotopic (exact) mass is 501 g/mol. The molecule has 186 valence electrons. The number of halogens is 2. The number of hydrogen-bond donors (Lipinski definition) is 3. The third kappa shape index (κ3) is 7.75. The quantitative estimate of drug-likeness (QED) is 0.349. The number of nitrogens with zero attached hydrogens (tertiary/aromatic N) is 2. The molecule has 0 saturated heterocycles. The number of carbonyl (C=O) groups is 1. The molecular formula is C25H30BClFN3O4. The van der Waals surface area contributed by atoms with Gasteiger partial charge < -0.3 is 14.8 Å². The van der Waals surface area contributed by atoms with Crippen LogP contribution in [0.1, 0.15) is 43.0 Å². The first-order chi connectivity index (χ1) is 16.2.